The first-order valence-corrected chi connectivity index (χ1v) is 9.32. The number of aryl methyl sites for hydroxylation is 2. The number of aromatic amines is 2. The fraction of sp³-hybridized carbons (Fsp3) is 0.182. The van der Waals surface area contributed by atoms with Crippen LogP contribution in [0.5, 0.6) is 0 Å². The van der Waals surface area contributed by atoms with Gasteiger partial charge in [0, 0.05) is 44.8 Å². The highest BCUT2D eigenvalue weighted by molar-refractivity contribution is 6.01. The molecule has 2 aromatic carbocycles. The average molecular weight is 356 g/mol. The highest BCUT2D eigenvalue weighted by atomic mass is 16.2. The van der Waals surface area contributed by atoms with Gasteiger partial charge in [0.15, 0.2) is 0 Å². The quantitative estimate of drug-likeness (QED) is 0.372. The second kappa shape index (κ2) is 6.43. The number of amides is 1. The van der Waals surface area contributed by atoms with E-state index in [2.05, 4.69) is 20.5 Å². The lowest BCUT2D eigenvalue weighted by atomic mass is 9.95. The minimum Gasteiger partial charge on any atom is -0.361 e. The number of H-pyrrole nitrogens is 2. The molecule has 0 aliphatic heterocycles. The molecule has 0 fully saturated rings. The van der Waals surface area contributed by atoms with Crippen molar-refractivity contribution in [1.29, 1.82) is 0 Å². The zero-order valence-corrected chi connectivity index (χ0v) is 14.9. The molecule has 0 saturated heterocycles. The topological polar surface area (TPSA) is 73.0 Å². The van der Waals surface area contributed by atoms with Gasteiger partial charge in [-0.3, -0.25) is 4.79 Å². The fourth-order valence-corrected chi connectivity index (χ4v) is 3.97. The summed E-state index contributed by atoms with van der Waals surface area (Å²) in [5.41, 5.74) is 9.08. The lowest BCUT2D eigenvalue weighted by Crippen LogP contribution is -2.17. The van der Waals surface area contributed by atoms with Crippen LogP contribution in [0, 0.1) is 0 Å². The van der Waals surface area contributed by atoms with Crippen LogP contribution in [0.15, 0.2) is 53.8 Å². The number of carbonyl (C=O) groups excluding carboxylic acids is 1. The molecule has 1 aliphatic rings. The van der Waals surface area contributed by atoms with Crippen molar-refractivity contribution < 1.29 is 4.79 Å². The molecule has 27 heavy (non-hydrogen) atoms. The van der Waals surface area contributed by atoms with Crippen LogP contribution in [0.4, 0.5) is 0 Å². The van der Waals surface area contributed by atoms with E-state index < -0.39 is 0 Å². The van der Waals surface area contributed by atoms with Gasteiger partial charge in [-0.15, -0.1) is 0 Å². The van der Waals surface area contributed by atoms with Gasteiger partial charge in [0.1, 0.15) is 0 Å². The van der Waals surface area contributed by atoms with Crippen molar-refractivity contribution in [2.24, 2.45) is 5.10 Å². The molecule has 0 unspecified atom stereocenters. The number of aromatic nitrogens is 2. The van der Waals surface area contributed by atoms with E-state index in [9.17, 15) is 4.79 Å². The normalized spacial score (nSPS) is 14.1. The summed E-state index contributed by atoms with van der Waals surface area (Å²) in [4.78, 5) is 19.2. The molecule has 5 heteroatoms. The van der Waals surface area contributed by atoms with Crippen molar-refractivity contribution in [3.8, 4) is 0 Å². The van der Waals surface area contributed by atoms with Crippen LogP contribution in [0.25, 0.3) is 21.8 Å². The van der Waals surface area contributed by atoms with Gasteiger partial charge in [-0.05, 0) is 55.5 Å². The van der Waals surface area contributed by atoms with Crippen LogP contribution in [0.2, 0.25) is 0 Å². The molecule has 134 valence electrons. The summed E-state index contributed by atoms with van der Waals surface area (Å²) >= 11 is 0. The van der Waals surface area contributed by atoms with Crippen molar-refractivity contribution in [2.45, 2.75) is 25.7 Å². The monoisotopic (exact) mass is 356 g/mol. The Bertz CT molecular complexity index is 1180. The van der Waals surface area contributed by atoms with E-state index in [1.54, 1.807) is 6.21 Å². The molecule has 4 aromatic rings. The molecule has 1 amide bonds. The van der Waals surface area contributed by atoms with Gasteiger partial charge in [0.2, 0.25) is 0 Å². The summed E-state index contributed by atoms with van der Waals surface area (Å²) in [5, 5.41) is 6.39. The van der Waals surface area contributed by atoms with Gasteiger partial charge in [0.25, 0.3) is 5.91 Å². The second-order valence-electron chi connectivity index (χ2n) is 7.04. The van der Waals surface area contributed by atoms with Crippen molar-refractivity contribution >= 4 is 33.9 Å². The van der Waals surface area contributed by atoms with Crippen molar-refractivity contribution in [1.82, 2.24) is 15.4 Å². The second-order valence-corrected chi connectivity index (χ2v) is 7.04. The zero-order chi connectivity index (χ0) is 18.2. The first-order chi connectivity index (χ1) is 13.3. The minimum absolute atomic E-state index is 0.196. The fourth-order valence-electron chi connectivity index (χ4n) is 3.97. The molecule has 0 radical (unpaired) electrons. The van der Waals surface area contributed by atoms with Crippen LogP contribution < -0.4 is 5.43 Å². The summed E-state index contributed by atoms with van der Waals surface area (Å²) in [6.07, 6.45) is 8.19. The smallest absolute Gasteiger partial charge is 0.271 e. The van der Waals surface area contributed by atoms with Gasteiger partial charge in [0.05, 0.1) is 6.21 Å². The molecular formula is C22H20N4O. The molecule has 2 aromatic heterocycles. The van der Waals surface area contributed by atoms with Crippen LogP contribution in [-0.4, -0.2) is 22.1 Å². The number of carbonyl (C=O) groups is 1. The molecule has 3 N–H and O–H groups in total. The van der Waals surface area contributed by atoms with Gasteiger partial charge in [-0.2, -0.15) is 5.10 Å². The predicted molar refractivity (Wildman–Crippen MR) is 108 cm³/mol. The molecule has 0 saturated carbocycles. The van der Waals surface area contributed by atoms with E-state index in [1.807, 2.05) is 48.7 Å². The van der Waals surface area contributed by atoms with Gasteiger partial charge >= 0.3 is 0 Å². The Labute approximate surface area is 156 Å². The van der Waals surface area contributed by atoms with E-state index in [0.717, 1.165) is 40.2 Å². The number of nitrogens with one attached hydrogen (secondary N) is 3. The molecule has 0 bridgehead atoms. The highest BCUT2D eigenvalue weighted by Gasteiger charge is 2.16. The maximum Gasteiger partial charge on any atom is 0.271 e. The third kappa shape index (κ3) is 2.81. The number of hydrogen-bond donors (Lipinski definition) is 3. The predicted octanol–water partition coefficient (Wildman–Crippen LogP) is 4.29. The van der Waals surface area contributed by atoms with E-state index in [1.165, 1.54) is 24.1 Å². The Kier molecular flexibility index (Phi) is 3.78. The Morgan fingerprint density at radius 1 is 1.04 bits per heavy atom. The summed E-state index contributed by atoms with van der Waals surface area (Å²) in [6.45, 7) is 0. The summed E-state index contributed by atoms with van der Waals surface area (Å²) in [6, 6.07) is 13.8. The molecule has 0 spiro atoms. The third-order valence-corrected chi connectivity index (χ3v) is 5.35. The summed E-state index contributed by atoms with van der Waals surface area (Å²) in [7, 11) is 0. The zero-order valence-electron chi connectivity index (χ0n) is 14.9. The SMILES string of the molecule is O=C(N/N=C/c1c[nH]c2ccccc12)c1ccc2[nH]c3c(c2c1)CCCC3. The Morgan fingerprint density at radius 2 is 1.93 bits per heavy atom. The molecule has 5 nitrogen and oxygen atoms in total. The maximum atomic E-state index is 12.5. The van der Waals surface area contributed by atoms with Crippen LogP contribution in [0.3, 0.4) is 0 Å². The number of fused-ring (bicyclic) bond motifs is 4. The van der Waals surface area contributed by atoms with Crippen LogP contribution in [0.1, 0.15) is 40.0 Å². The minimum atomic E-state index is -0.196. The molecule has 0 atom stereocenters. The number of hydrazone groups is 1. The number of para-hydroxylation sites is 1. The molecule has 2 heterocycles. The molecule has 1 aliphatic carbocycles. The lowest BCUT2D eigenvalue weighted by Gasteiger charge is -2.10. The highest BCUT2D eigenvalue weighted by Crippen LogP contribution is 2.29. The number of hydrogen-bond acceptors (Lipinski definition) is 2. The average Bonchev–Trinajstić information content (AvgIpc) is 3.29. The van der Waals surface area contributed by atoms with E-state index in [-0.39, 0.29) is 5.91 Å². The van der Waals surface area contributed by atoms with Crippen LogP contribution >= 0.6 is 0 Å². The summed E-state index contributed by atoms with van der Waals surface area (Å²) in [5.74, 6) is -0.196. The maximum absolute atomic E-state index is 12.5. The van der Waals surface area contributed by atoms with Gasteiger partial charge in [-0.25, -0.2) is 5.43 Å². The van der Waals surface area contributed by atoms with Crippen LogP contribution in [-0.2, 0) is 12.8 Å². The largest absolute Gasteiger partial charge is 0.361 e. The first-order valence-electron chi connectivity index (χ1n) is 9.32. The van der Waals surface area contributed by atoms with Crippen molar-refractivity contribution in [2.75, 3.05) is 0 Å². The standard InChI is InChI=1S/C22H20N4O/c27-22(26-24-13-15-12-23-19-7-3-1-5-16(15)19)14-9-10-21-18(11-14)17-6-2-4-8-20(17)25-21/h1,3,5,7,9-13,23,25H,2,4,6,8H2,(H,26,27)/b24-13+. The number of rotatable bonds is 3. The lowest BCUT2D eigenvalue weighted by molar-refractivity contribution is 0.0955. The van der Waals surface area contributed by atoms with E-state index in [0.29, 0.717) is 5.56 Å². The molecular weight excluding hydrogens is 336 g/mol. The number of nitrogens with zero attached hydrogens (tertiary/aromatic N) is 1. The van der Waals surface area contributed by atoms with E-state index >= 15 is 0 Å². The third-order valence-electron chi connectivity index (χ3n) is 5.35. The Morgan fingerprint density at radius 3 is 2.89 bits per heavy atom. The first kappa shape index (κ1) is 15.9. The Hall–Kier alpha value is -3.34. The molecule has 5 rings (SSSR count). The summed E-state index contributed by atoms with van der Waals surface area (Å²) < 4.78 is 0. The van der Waals surface area contributed by atoms with E-state index in [4.69, 9.17) is 0 Å². The number of benzene rings is 2. The van der Waals surface area contributed by atoms with Gasteiger partial charge < -0.3 is 9.97 Å². The van der Waals surface area contributed by atoms with Crippen molar-refractivity contribution in [3.63, 3.8) is 0 Å². The Balaban J connectivity index is 1.37. The van der Waals surface area contributed by atoms with Crippen molar-refractivity contribution in [3.05, 3.63) is 71.0 Å². The van der Waals surface area contributed by atoms with Gasteiger partial charge in [-0.1, -0.05) is 18.2 Å².